The summed E-state index contributed by atoms with van der Waals surface area (Å²) in [6.45, 7) is 6.34. The van der Waals surface area contributed by atoms with E-state index >= 15 is 0 Å². The highest BCUT2D eigenvalue weighted by Crippen LogP contribution is 2.30. The van der Waals surface area contributed by atoms with Crippen LogP contribution in [0, 0.1) is 11.8 Å². The lowest BCUT2D eigenvalue weighted by Crippen LogP contribution is -2.53. The summed E-state index contributed by atoms with van der Waals surface area (Å²) < 4.78 is 5.22. The molecule has 152 valence electrons. The van der Waals surface area contributed by atoms with Gasteiger partial charge in [-0.05, 0) is 36.8 Å². The van der Waals surface area contributed by atoms with Crippen LogP contribution in [0.5, 0.6) is 0 Å². The Balaban J connectivity index is 0.00000261. The average molecular weight is 488 g/mol. The Kier molecular flexibility index (Phi) is 8.92. The normalized spacial score (nSPS) is 23.7. The number of hydrogen-bond acceptors (Lipinski definition) is 3. The highest BCUT2D eigenvalue weighted by Gasteiger charge is 2.25. The molecular weight excluding hydrogens is 455 g/mol. The first-order valence-electron chi connectivity index (χ1n) is 9.95. The van der Waals surface area contributed by atoms with E-state index in [4.69, 9.17) is 4.42 Å². The fourth-order valence-electron chi connectivity index (χ4n) is 4.22. The first-order valence-corrected chi connectivity index (χ1v) is 9.95. The molecule has 1 N–H and O–H groups in total. The van der Waals surface area contributed by atoms with Gasteiger partial charge in [0.05, 0.1) is 6.26 Å². The molecule has 1 saturated heterocycles. The predicted octanol–water partition coefficient (Wildman–Crippen LogP) is 3.45. The van der Waals surface area contributed by atoms with Gasteiger partial charge >= 0.3 is 0 Å². The molecule has 7 heteroatoms. The molecule has 1 amide bonds. The van der Waals surface area contributed by atoms with Crippen LogP contribution in [0.25, 0.3) is 0 Å². The number of amides is 1. The molecule has 1 aromatic heterocycles. The molecule has 2 atom stereocenters. The highest BCUT2D eigenvalue weighted by molar-refractivity contribution is 14.0. The molecule has 0 radical (unpaired) electrons. The summed E-state index contributed by atoms with van der Waals surface area (Å²) in [5.74, 6) is 3.09. The molecule has 1 saturated carbocycles. The van der Waals surface area contributed by atoms with E-state index in [9.17, 15) is 4.79 Å². The van der Waals surface area contributed by atoms with E-state index in [-0.39, 0.29) is 29.9 Å². The summed E-state index contributed by atoms with van der Waals surface area (Å²) in [4.78, 5) is 20.9. The fourth-order valence-corrected chi connectivity index (χ4v) is 4.22. The van der Waals surface area contributed by atoms with Crippen molar-refractivity contribution >= 4 is 35.8 Å². The first-order chi connectivity index (χ1) is 12.7. The van der Waals surface area contributed by atoms with Crippen molar-refractivity contribution in [3.05, 3.63) is 24.2 Å². The van der Waals surface area contributed by atoms with Crippen molar-refractivity contribution in [3.63, 3.8) is 0 Å². The lowest BCUT2D eigenvalue weighted by atomic mass is 9.81. The van der Waals surface area contributed by atoms with Crippen LogP contribution < -0.4 is 5.32 Å². The van der Waals surface area contributed by atoms with Crippen molar-refractivity contribution in [2.45, 2.75) is 39.0 Å². The molecule has 27 heavy (non-hydrogen) atoms. The molecule has 1 aliphatic carbocycles. The fraction of sp³-hybridized carbons (Fsp3) is 0.700. The zero-order valence-electron chi connectivity index (χ0n) is 16.5. The van der Waals surface area contributed by atoms with Crippen LogP contribution in [-0.4, -0.2) is 61.4 Å². The highest BCUT2D eigenvalue weighted by atomic mass is 127. The van der Waals surface area contributed by atoms with E-state index in [0.29, 0.717) is 18.8 Å². The minimum atomic E-state index is -0.0241. The van der Waals surface area contributed by atoms with Gasteiger partial charge in [0.2, 0.25) is 0 Å². The molecule has 0 aromatic carbocycles. The molecule has 1 aliphatic heterocycles. The van der Waals surface area contributed by atoms with Crippen LogP contribution in [0.2, 0.25) is 0 Å². The second-order valence-corrected chi connectivity index (χ2v) is 7.66. The lowest BCUT2D eigenvalue weighted by molar-refractivity contribution is 0.0657. The topological polar surface area (TPSA) is 61.1 Å². The molecule has 2 aliphatic rings. The number of hydrogen-bond donors (Lipinski definition) is 1. The molecule has 1 aromatic rings. The van der Waals surface area contributed by atoms with Gasteiger partial charge in [-0.1, -0.05) is 26.2 Å². The molecule has 2 unspecified atom stereocenters. The number of rotatable bonds is 4. The number of aliphatic imine (C=N–C) groups is 1. The van der Waals surface area contributed by atoms with E-state index < -0.39 is 0 Å². The van der Waals surface area contributed by atoms with Gasteiger partial charge in [-0.25, -0.2) is 0 Å². The zero-order valence-corrected chi connectivity index (χ0v) is 18.9. The zero-order chi connectivity index (χ0) is 18.4. The number of carbonyl (C=O) groups is 1. The van der Waals surface area contributed by atoms with Gasteiger partial charge in [0.15, 0.2) is 11.7 Å². The van der Waals surface area contributed by atoms with Crippen molar-refractivity contribution < 1.29 is 9.21 Å². The maximum absolute atomic E-state index is 12.3. The molecule has 6 nitrogen and oxygen atoms in total. The maximum Gasteiger partial charge on any atom is 0.289 e. The van der Waals surface area contributed by atoms with Crippen LogP contribution in [0.1, 0.15) is 49.6 Å². The number of guanidine groups is 1. The standard InChI is InChI=1S/C20H32N4O2.HI/c1-16-5-3-6-17(15-16)8-9-22-20(21-2)24-12-10-23(11-13-24)19(25)18-7-4-14-26-18;/h4,7,14,16-17H,3,5-6,8-13,15H2,1-2H3,(H,21,22);1H. The van der Waals surface area contributed by atoms with E-state index in [1.54, 1.807) is 18.4 Å². The SMILES string of the molecule is CN=C(NCCC1CCCC(C)C1)N1CCN(C(=O)c2ccco2)CC1.I. The Hall–Kier alpha value is -1.25. The van der Waals surface area contributed by atoms with Crippen LogP contribution in [0.3, 0.4) is 0 Å². The van der Waals surface area contributed by atoms with E-state index in [1.165, 1.54) is 32.1 Å². The lowest BCUT2D eigenvalue weighted by Gasteiger charge is -2.36. The van der Waals surface area contributed by atoms with Gasteiger partial charge in [-0.3, -0.25) is 9.79 Å². The van der Waals surface area contributed by atoms with Crippen molar-refractivity contribution in [1.82, 2.24) is 15.1 Å². The second kappa shape index (κ2) is 10.9. The van der Waals surface area contributed by atoms with Gasteiger partial charge in [0.25, 0.3) is 5.91 Å². The number of nitrogens with zero attached hydrogens (tertiary/aromatic N) is 3. The minimum Gasteiger partial charge on any atom is -0.459 e. The van der Waals surface area contributed by atoms with Gasteiger partial charge < -0.3 is 19.5 Å². The number of nitrogens with one attached hydrogen (secondary N) is 1. The Morgan fingerprint density at radius 3 is 2.63 bits per heavy atom. The molecular formula is C20H33IN4O2. The number of piperazine rings is 1. The Morgan fingerprint density at radius 2 is 2.00 bits per heavy atom. The van der Waals surface area contributed by atoms with Gasteiger partial charge in [-0.2, -0.15) is 0 Å². The molecule has 3 rings (SSSR count). The maximum atomic E-state index is 12.3. The van der Waals surface area contributed by atoms with Crippen LogP contribution in [0.4, 0.5) is 0 Å². The first kappa shape index (κ1) is 22.0. The average Bonchev–Trinajstić information content (AvgIpc) is 3.20. The Morgan fingerprint density at radius 1 is 1.26 bits per heavy atom. The van der Waals surface area contributed by atoms with Gasteiger partial charge in [0.1, 0.15) is 0 Å². The number of carbonyl (C=O) groups excluding carboxylic acids is 1. The molecule has 2 heterocycles. The van der Waals surface area contributed by atoms with Crippen molar-refractivity contribution in [1.29, 1.82) is 0 Å². The third kappa shape index (κ3) is 6.12. The Bertz CT molecular complexity index is 597. The quantitative estimate of drug-likeness (QED) is 0.401. The number of halogens is 1. The van der Waals surface area contributed by atoms with Crippen LogP contribution in [0.15, 0.2) is 27.8 Å². The van der Waals surface area contributed by atoms with E-state index in [1.807, 2.05) is 11.9 Å². The largest absolute Gasteiger partial charge is 0.459 e. The van der Waals surface area contributed by atoms with E-state index in [0.717, 1.165) is 37.4 Å². The molecule has 2 fully saturated rings. The van der Waals surface area contributed by atoms with Crippen molar-refractivity contribution in [3.8, 4) is 0 Å². The van der Waals surface area contributed by atoms with Gasteiger partial charge in [-0.15, -0.1) is 24.0 Å². The summed E-state index contributed by atoms with van der Waals surface area (Å²) in [5.41, 5.74) is 0. The second-order valence-electron chi connectivity index (χ2n) is 7.66. The summed E-state index contributed by atoms with van der Waals surface area (Å²) in [5, 5.41) is 3.53. The third-order valence-corrected chi connectivity index (χ3v) is 5.69. The van der Waals surface area contributed by atoms with Gasteiger partial charge in [0, 0.05) is 39.8 Å². The summed E-state index contributed by atoms with van der Waals surface area (Å²) in [7, 11) is 1.84. The summed E-state index contributed by atoms with van der Waals surface area (Å²) in [6.07, 6.45) is 8.29. The number of furan rings is 1. The van der Waals surface area contributed by atoms with E-state index in [2.05, 4.69) is 22.1 Å². The van der Waals surface area contributed by atoms with Crippen molar-refractivity contribution in [2.75, 3.05) is 39.8 Å². The monoisotopic (exact) mass is 488 g/mol. The summed E-state index contributed by atoms with van der Waals surface area (Å²) >= 11 is 0. The Labute approximate surface area is 179 Å². The van der Waals surface area contributed by atoms with Crippen LogP contribution in [-0.2, 0) is 0 Å². The smallest absolute Gasteiger partial charge is 0.289 e. The molecule has 0 spiro atoms. The van der Waals surface area contributed by atoms with Crippen LogP contribution >= 0.6 is 24.0 Å². The third-order valence-electron chi connectivity index (χ3n) is 5.69. The van der Waals surface area contributed by atoms with Crippen molar-refractivity contribution in [2.24, 2.45) is 16.8 Å². The summed E-state index contributed by atoms with van der Waals surface area (Å²) in [6, 6.07) is 3.48. The predicted molar refractivity (Wildman–Crippen MR) is 119 cm³/mol. The minimum absolute atomic E-state index is 0. The molecule has 0 bridgehead atoms.